The number of rotatable bonds is 10. The molecule has 0 aliphatic carbocycles. The van der Waals surface area contributed by atoms with E-state index in [1.807, 2.05) is 48.5 Å². The smallest absolute Gasteiger partial charge is 0.128 e. The molecule has 1 aliphatic rings. The average molecular weight is 839 g/mol. The van der Waals surface area contributed by atoms with Gasteiger partial charge in [0.1, 0.15) is 17.3 Å². The summed E-state index contributed by atoms with van der Waals surface area (Å²) < 4.78 is 12.9. The second kappa shape index (κ2) is 22.1. The van der Waals surface area contributed by atoms with Crippen molar-refractivity contribution in [3.63, 3.8) is 0 Å². The Morgan fingerprint density at radius 2 is 1.31 bits per heavy atom. The molecule has 0 amide bonds. The summed E-state index contributed by atoms with van der Waals surface area (Å²) in [6.45, 7) is 2.90. The molecule has 48 heavy (non-hydrogen) atoms. The molecular weight excluding hydrogens is 797 g/mol. The van der Waals surface area contributed by atoms with Crippen molar-refractivity contribution in [3.8, 4) is 17.6 Å². The van der Waals surface area contributed by atoms with Crippen molar-refractivity contribution in [3.05, 3.63) is 125 Å². The summed E-state index contributed by atoms with van der Waals surface area (Å²) in [5.74, 6) is 2.70. The minimum Gasteiger partial charge on any atom is -0.496 e. The van der Waals surface area contributed by atoms with Crippen molar-refractivity contribution < 1.29 is 9.47 Å². The van der Waals surface area contributed by atoms with Crippen molar-refractivity contribution in [2.45, 2.75) is 25.7 Å². The third kappa shape index (κ3) is 12.3. The van der Waals surface area contributed by atoms with E-state index in [1.54, 1.807) is 26.4 Å². The highest BCUT2D eigenvalue weighted by Crippen LogP contribution is 2.29. The van der Waals surface area contributed by atoms with E-state index >= 15 is 0 Å². The van der Waals surface area contributed by atoms with Gasteiger partial charge in [0.15, 0.2) is 0 Å². The van der Waals surface area contributed by atoms with Gasteiger partial charge in [-0.25, -0.2) is 0 Å². The zero-order valence-corrected chi connectivity index (χ0v) is 32.6. The van der Waals surface area contributed by atoms with Gasteiger partial charge in [-0.2, -0.15) is 18.8 Å². The summed E-state index contributed by atoms with van der Waals surface area (Å²) in [7, 11) is 3.35. The van der Waals surface area contributed by atoms with Crippen molar-refractivity contribution >= 4 is 74.4 Å². The molecule has 0 saturated heterocycles. The molecule has 0 bridgehead atoms. The summed E-state index contributed by atoms with van der Waals surface area (Å²) in [5, 5.41) is 13.9. The Morgan fingerprint density at radius 1 is 0.792 bits per heavy atom. The lowest BCUT2D eigenvalue weighted by molar-refractivity contribution is 0.409. The highest BCUT2D eigenvalue weighted by molar-refractivity contribution is 9.10. The lowest BCUT2D eigenvalue weighted by Gasteiger charge is -2.14. The molecule has 4 aromatic carbocycles. The van der Waals surface area contributed by atoms with Gasteiger partial charge in [0.05, 0.1) is 32.4 Å². The second-order valence-corrected chi connectivity index (χ2v) is 12.9. The Hall–Kier alpha value is -2.75. The minimum atomic E-state index is 0. The fourth-order valence-corrected chi connectivity index (χ4v) is 6.29. The predicted octanol–water partition coefficient (Wildman–Crippen LogP) is 8.03. The van der Waals surface area contributed by atoms with Crippen LogP contribution in [0.2, 0.25) is 10.0 Å². The van der Waals surface area contributed by atoms with E-state index in [2.05, 4.69) is 60.4 Å². The van der Waals surface area contributed by atoms with Crippen LogP contribution in [0.4, 0.5) is 0 Å². The fourth-order valence-electron chi connectivity index (χ4n) is 4.93. The second-order valence-electron chi connectivity index (χ2n) is 10.3. The maximum atomic E-state index is 9.14. The number of methoxy groups -OCH3 is 2. The van der Waals surface area contributed by atoms with Gasteiger partial charge in [0.25, 0.3) is 0 Å². The van der Waals surface area contributed by atoms with Crippen LogP contribution in [0.25, 0.3) is 0 Å². The number of benzene rings is 4. The third-order valence-electron chi connectivity index (χ3n) is 7.23. The van der Waals surface area contributed by atoms with Crippen LogP contribution in [0, 0.1) is 11.3 Å². The number of hydrogen-bond donors (Lipinski definition) is 3. The SMILES string of the molecule is COc1ccc(Br)cc1CCc1c(Cl)cccc1C#N.COc1ccc(Br)cc1CCc1c(Cl)cccc1C1=NCCN1.NCCN.S. The van der Waals surface area contributed by atoms with Gasteiger partial charge in [-0.1, -0.05) is 73.3 Å². The Balaban J connectivity index is 0.000000297. The molecule has 0 unspecified atom stereocenters. The van der Waals surface area contributed by atoms with Crippen LogP contribution >= 0.6 is 68.6 Å². The van der Waals surface area contributed by atoms with Gasteiger partial charge < -0.3 is 26.3 Å². The Morgan fingerprint density at radius 3 is 1.79 bits per heavy atom. The number of nitrogens with one attached hydrogen (secondary N) is 1. The van der Waals surface area contributed by atoms with E-state index in [4.69, 9.17) is 49.4 Å². The summed E-state index contributed by atoms with van der Waals surface area (Å²) >= 11 is 19.6. The van der Waals surface area contributed by atoms with E-state index in [1.165, 1.54) is 0 Å². The molecule has 0 radical (unpaired) electrons. The normalized spacial score (nSPS) is 11.4. The number of ether oxygens (including phenoxy) is 2. The van der Waals surface area contributed by atoms with Gasteiger partial charge in [-0.05, 0) is 103 Å². The number of nitrogens with two attached hydrogens (primary N) is 2. The first-order valence-corrected chi connectivity index (χ1v) is 17.4. The topological polar surface area (TPSA) is 119 Å². The molecule has 0 spiro atoms. The molecule has 0 fully saturated rings. The molecule has 12 heteroatoms. The zero-order valence-electron chi connectivity index (χ0n) is 27.0. The quantitative estimate of drug-likeness (QED) is 0.149. The van der Waals surface area contributed by atoms with Crippen LogP contribution in [0.15, 0.2) is 86.7 Å². The molecule has 5 rings (SSSR count). The van der Waals surface area contributed by atoms with Crippen LogP contribution in [0.5, 0.6) is 11.5 Å². The zero-order chi connectivity index (χ0) is 34.2. The van der Waals surface area contributed by atoms with Crippen molar-refractivity contribution in [1.29, 1.82) is 5.26 Å². The van der Waals surface area contributed by atoms with Crippen LogP contribution in [0.3, 0.4) is 0 Å². The molecule has 0 atom stereocenters. The standard InChI is InChI=1S/C18H18BrClN2O.C16H13BrClNO.C2H8N2.H2S/c1-23-17-8-6-13(19)11-12(17)5-7-14-15(3-2-4-16(14)20)18-21-9-10-22-18;1-20-16-8-6-13(17)9-11(16)5-7-14-12(10-19)3-2-4-15(14)18;3-1-2-4;/h2-4,6,8,11H,5,7,9-10H2,1H3,(H,21,22);2-4,6,8-9H,5,7H2,1H3;1-4H2;1H2. The maximum Gasteiger partial charge on any atom is 0.128 e. The van der Waals surface area contributed by atoms with E-state index in [9.17, 15) is 0 Å². The number of aliphatic imine (C=N–C) groups is 1. The van der Waals surface area contributed by atoms with Crippen LogP contribution < -0.4 is 26.3 Å². The van der Waals surface area contributed by atoms with Crippen molar-refractivity contribution in [2.24, 2.45) is 16.5 Å². The first kappa shape index (κ1) is 41.4. The average Bonchev–Trinajstić information content (AvgIpc) is 3.63. The molecule has 4 aromatic rings. The van der Waals surface area contributed by atoms with Crippen LogP contribution in [-0.2, 0) is 25.7 Å². The van der Waals surface area contributed by atoms with Crippen molar-refractivity contribution in [1.82, 2.24) is 5.32 Å². The highest BCUT2D eigenvalue weighted by atomic mass is 79.9. The molecule has 7 nitrogen and oxygen atoms in total. The monoisotopic (exact) mass is 835 g/mol. The number of halogens is 4. The minimum absolute atomic E-state index is 0. The summed E-state index contributed by atoms with van der Waals surface area (Å²) in [6.07, 6.45) is 3.16. The number of nitriles is 1. The number of amidine groups is 1. The predicted molar refractivity (Wildman–Crippen MR) is 212 cm³/mol. The molecule has 1 aliphatic heterocycles. The number of hydrogen-bond acceptors (Lipinski definition) is 7. The lowest BCUT2D eigenvalue weighted by Crippen LogP contribution is -2.21. The maximum absolute atomic E-state index is 9.14. The van der Waals surface area contributed by atoms with Gasteiger partial charge in [-0.3, -0.25) is 4.99 Å². The number of nitrogens with zero attached hydrogens (tertiary/aromatic N) is 2. The van der Waals surface area contributed by atoms with Gasteiger partial charge in [0, 0.05) is 44.2 Å². The van der Waals surface area contributed by atoms with Gasteiger partial charge >= 0.3 is 0 Å². The Labute approximate surface area is 317 Å². The van der Waals surface area contributed by atoms with Gasteiger partial charge in [0.2, 0.25) is 0 Å². The van der Waals surface area contributed by atoms with Gasteiger partial charge in [-0.15, -0.1) is 0 Å². The lowest BCUT2D eigenvalue weighted by atomic mass is 9.98. The third-order valence-corrected chi connectivity index (χ3v) is 8.92. The highest BCUT2D eigenvalue weighted by Gasteiger charge is 2.16. The summed E-state index contributed by atoms with van der Waals surface area (Å²) in [5.41, 5.74) is 15.8. The molecule has 1 heterocycles. The molecule has 256 valence electrons. The van der Waals surface area contributed by atoms with E-state index < -0.39 is 0 Å². The number of aryl methyl sites for hydroxylation is 2. The molecule has 0 aromatic heterocycles. The Kier molecular flexibility index (Phi) is 19.0. The molecular formula is C36H41Br2Cl2N5O2S. The first-order chi connectivity index (χ1) is 22.8. The van der Waals surface area contributed by atoms with E-state index in [0.717, 1.165) is 91.5 Å². The van der Waals surface area contributed by atoms with Crippen molar-refractivity contribution in [2.75, 3.05) is 40.4 Å². The summed E-state index contributed by atoms with van der Waals surface area (Å²) in [6, 6.07) is 25.6. The van der Waals surface area contributed by atoms with Crippen LogP contribution in [0.1, 0.15) is 33.4 Å². The fraction of sp³-hybridized carbons (Fsp3) is 0.278. The molecule has 0 saturated carbocycles. The van der Waals surface area contributed by atoms with E-state index in [0.29, 0.717) is 30.1 Å². The summed E-state index contributed by atoms with van der Waals surface area (Å²) in [4.78, 5) is 4.53. The van der Waals surface area contributed by atoms with Crippen LogP contribution in [-0.4, -0.2) is 46.2 Å². The first-order valence-electron chi connectivity index (χ1n) is 15.0. The van der Waals surface area contributed by atoms with E-state index in [-0.39, 0.29) is 13.5 Å². The largest absolute Gasteiger partial charge is 0.496 e. The Bertz CT molecular complexity index is 1700. The molecule has 5 N–H and O–H groups in total.